The van der Waals surface area contributed by atoms with Crippen LogP contribution in [0.1, 0.15) is 12.0 Å². The summed E-state index contributed by atoms with van der Waals surface area (Å²) in [4.78, 5) is 0. The Hall–Kier alpha value is -1.68. The summed E-state index contributed by atoms with van der Waals surface area (Å²) in [7, 11) is 0. The number of aliphatic hydroxyl groups excluding tert-OH is 1. The summed E-state index contributed by atoms with van der Waals surface area (Å²) >= 11 is 0. The molecule has 0 aliphatic rings. The van der Waals surface area contributed by atoms with Crippen molar-refractivity contribution >= 4 is 0 Å². The van der Waals surface area contributed by atoms with Crippen molar-refractivity contribution in [2.75, 3.05) is 6.61 Å². The topological polar surface area (TPSA) is 50.9 Å². The fourth-order valence-corrected chi connectivity index (χ4v) is 1.71. The highest BCUT2D eigenvalue weighted by Crippen LogP contribution is 2.21. The zero-order valence-corrected chi connectivity index (χ0v) is 9.30. The van der Waals surface area contributed by atoms with Crippen molar-refractivity contribution in [3.63, 3.8) is 0 Å². The molecule has 0 saturated carbocycles. The lowest BCUT2D eigenvalue weighted by Crippen LogP contribution is -2.04. The molecule has 84 valence electrons. The second-order valence-corrected chi connectivity index (χ2v) is 3.73. The molecule has 0 amide bonds. The number of hydrogen-bond acceptors (Lipinski definition) is 3. The average molecular weight is 217 g/mol. The van der Waals surface area contributed by atoms with Gasteiger partial charge in [0, 0.05) is 18.7 Å². The molecule has 1 N–H and O–H groups in total. The summed E-state index contributed by atoms with van der Waals surface area (Å²) in [6.45, 7) is 2.94. The van der Waals surface area contributed by atoms with Crippen molar-refractivity contribution < 1.29 is 5.11 Å². The summed E-state index contributed by atoms with van der Waals surface area (Å²) in [5, 5.41) is 16.8. The monoisotopic (exact) mass is 217 g/mol. The third-order valence-electron chi connectivity index (χ3n) is 2.57. The van der Waals surface area contributed by atoms with Crippen molar-refractivity contribution in [1.29, 1.82) is 0 Å². The molecule has 0 fully saturated rings. The molecule has 0 radical (unpaired) electrons. The van der Waals surface area contributed by atoms with Gasteiger partial charge in [0.25, 0.3) is 0 Å². The van der Waals surface area contributed by atoms with Crippen LogP contribution >= 0.6 is 0 Å². The molecule has 0 saturated heterocycles. The molecule has 0 bridgehead atoms. The van der Waals surface area contributed by atoms with Crippen molar-refractivity contribution in [2.45, 2.75) is 19.9 Å². The van der Waals surface area contributed by atoms with E-state index in [1.54, 1.807) is 6.20 Å². The van der Waals surface area contributed by atoms with Crippen molar-refractivity contribution in [3.8, 4) is 11.3 Å². The maximum Gasteiger partial charge on any atom is 0.0888 e. The molecular weight excluding hydrogens is 202 g/mol. The molecular formula is C12H15N3O. The van der Waals surface area contributed by atoms with Crippen molar-refractivity contribution in [2.24, 2.45) is 0 Å². The molecule has 0 spiro atoms. The first-order chi connectivity index (χ1) is 7.83. The van der Waals surface area contributed by atoms with Crippen LogP contribution in [0.2, 0.25) is 0 Å². The Morgan fingerprint density at radius 2 is 2.12 bits per heavy atom. The highest BCUT2D eigenvalue weighted by atomic mass is 16.3. The van der Waals surface area contributed by atoms with Gasteiger partial charge >= 0.3 is 0 Å². The van der Waals surface area contributed by atoms with Crippen LogP contribution in [0.5, 0.6) is 0 Å². The molecule has 4 nitrogen and oxygen atoms in total. The number of nitrogens with zero attached hydrogens (tertiary/aromatic N) is 3. The van der Waals surface area contributed by atoms with Crippen LogP contribution in [0, 0.1) is 6.92 Å². The minimum atomic E-state index is 0.174. The third-order valence-corrected chi connectivity index (χ3v) is 2.57. The Kier molecular flexibility index (Phi) is 3.31. The highest BCUT2D eigenvalue weighted by Gasteiger charge is 2.07. The van der Waals surface area contributed by atoms with Gasteiger partial charge in [-0.3, -0.25) is 0 Å². The van der Waals surface area contributed by atoms with Crippen LogP contribution in [0.25, 0.3) is 11.3 Å². The SMILES string of the molecule is Cc1ccccc1-c1cnnn1CCCO. The van der Waals surface area contributed by atoms with E-state index in [1.165, 1.54) is 5.56 Å². The van der Waals surface area contributed by atoms with Crippen molar-refractivity contribution in [3.05, 3.63) is 36.0 Å². The third kappa shape index (κ3) is 2.12. The van der Waals surface area contributed by atoms with E-state index in [9.17, 15) is 0 Å². The van der Waals surface area contributed by atoms with Gasteiger partial charge in [0.2, 0.25) is 0 Å². The van der Waals surface area contributed by atoms with Crippen LogP contribution in [0.3, 0.4) is 0 Å². The molecule has 1 heterocycles. The lowest BCUT2D eigenvalue weighted by atomic mass is 10.1. The largest absolute Gasteiger partial charge is 0.396 e. The van der Waals surface area contributed by atoms with Crippen LogP contribution in [0.4, 0.5) is 0 Å². The summed E-state index contributed by atoms with van der Waals surface area (Å²) in [6, 6.07) is 8.15. The van der Waals surface area contributed by atoms with E-state index >= 15 is 0 Å². The minimum Gasteiger partial charge on any atom is -0.396 e. The summed E-state index contributed by atoms with van der Waals surface area (Å²) in [5.41, 5.74) is 3.35. The van der Waals surface area contributed by atoms with E-state index in [0.717, 1.165) is 11.3 Å². The van der Waals surface area contributed by atoms with Gasteiger partial charge in [0.1, 0.15) is 0 Å². The highest BCUT2D eigenvalue weighted by molar-refractivity contribution is 5.62. The second-order valence-electron chi connectivity index (χ2n) is 3.73. The zero-order chi connectivity index (χ0) is 11.4. The molecule has 16 heavy (non-hydrogen) atoms. The summed E-state index contributed by atoms with van der Waals surface area (Å²) in [6.07, 6.45) is 2.46. The van der Waals surface area contributed by atoms with Gasteiger partial charge < -0.3 is 5.11 Å². The van der Waals surface area contributed by atoms with E-state index in [-0.39, 0.29) is 6.61 Å². The van der Waals surface area contributed by atoms with E-state index in [2.05, 4.69) is 29.4 Å². The molecule has 1 aromatic carbocycles. The first-order valence-electron chi connectivity index (χ1n) is 5.38. The maximum atomic E-state index is 8.82. The minimum absolute atomic E-state index is 0.174. The molecule has 1 aromatic heterocycles. The van der Waals surface area contributed by atoms with Gasteiger partial charge in [0.15, 0.2) is 0 Å². The normalized spacial score (nSPS) is 10.6. The molecule has 2 aromatic rings. The van der Waals surface area contributed by atoms with Gasteiger partial charge in [-0.25, -0.2) is 4.68 Å². The Labute approximate surface area is 94.5 Å². The fraction of sp³-hybridized carbons (Fsp3) is 0.333. The summed E-state index contributed by atoms with van der Waals surface area (Å²) < 4.78 is 1.83. The van der Waals surface area contributed by atoms with Gasteiger partial charge in [-0.15, -0.1) is 5.10 Å². The van der Waals surface area contributed by atoms with E-state index < -0.39 is 0 Å². The standard InChI is InChI=1S/C12H15N3O/c1-10-5-2-3-6-11(10)12-9-13-14-15(12)7-4-8-16/h2-3,5-6,9,16H,4,7-8H2,1H3. The number of aromatic nitrogens is 3. The Bertz CT molecular complexity index is 465. The van der Waals surface area contributed by atoms with E-state index in [0.29, 0.717) is 13.0 Å². The lowest BCUT2D eigenvalue weighted by Gasteiger charge is -2.07. The van der Waals surface area contributed by atoms with Crippen LogP contribution < -0.4 is 0 Å². The first kappa shape index (κ1) is 10.8. The molecule has 0 atom stereocenters. The predicted molar refractivity (Wildman–Crippen MR) is 61.9 cm³/mol. The van der Waals surface area contributed by atoms with Crippen LogP contribution in [-0.4, -0.2) is 26.7 Å². The molecule has 0 unspecified atom stereocenters. The lowest BCUT2D eigenvalue weighted by molar-refractivity contribution is 0.276. The smallest absolute Gasteiger partial charge is 0.0888 e. The molecule has 2 rings (SSSR count). The van der Waals surface area contributed by atoms with E-state index in [4.69, 9.17) is 5.11 Å². The summed E-state index contributed by atoms with van der Waals surface area (Å²) in [5.74, 6) is 0. The predicted octanol–water partition coefficient (Wildman–Crippen LogP) is 1.64. The van der Waals surface area contributed by atoms with Crippen molar-refractivity contribution in [1.82, 2.24) is 15.0 Å². The molecule has 4 heteroatoms. The Morgan fingerprint density at radius 3 is 2.88 bits per heavy atom. The average Bonchev–Trinajstić information content (AvgIpc) is 2.75. The van der Waals surface area contributed by atoms with Crippen LogP contribution in [-0.2, 0) is 6.54 Å². The zero-order valence-electron chi connectivity index (χ0n) is 9.30. The first-order valence-corrected chi connectivity index (χ1v) is 5.38. The Morgan fingerprint density at radius 1 is 1.31 bits per heavy atom. The molecule has 0 aliphatic heterocycles. The molecule has 0 aliphatic carbocycles. The van der Waals surface area contributed by atoms with Gasteiger partial charge in [-0.1, -0.05) is 29.5 Å². The fourth-order valence-electron chi connectivity index (χ4n) is 1.71. The number of aryl methyl sites for hydroxylation is 2. The second kappa shape index (κ2) is 4.90. The van der Waals surface area contributed by atoms with E-state index in [1.807, 2.05) is 16.8 Å². The number of hydrogen-bond donors (Lipinski definition) is 1. The number of benzene rings is 1. The number of rotatable bonds is 4. The van der Waals surface area contributed by atoms with Gasteiger partial charge in [-0.2, -0.15) is 0 Å². The maximum absolute atomic E-state index is 8.82. The van der Waals surface area contributed by atoms with Crippen LogP contribution in [0.15, 0.2) is 30.5 Å². The number of aliphatic hydroxyl groups is 1. The Balaban J connectivity index is 2.33. The quantitative estimate of drug-likeness (QED) is 0.847. The van der Waals surface area contributed by atoms with Gasteiger partial charge in [-0.05, 0) is 18.9 Å². The van der Waals surface area contributed by atoms with Gasteiger partial charge in [0.05, 0.1) is 11.9 Å².